The summed E-state index contributed by atoms with van der Waals surface area (Å²) >= 11 is 6.40. The molecule has 7 heteroatoms. The zero-order chi connectivity index (χ0) is 15.2. The fourth-order valence-electron chi connectivity index (χ4n) is 1.73. The van der Waals surface area contributed by atoms with Crippen LogP contribution >= 0.6 is 38.6 Å². The molecule has 0 saturated heterocycles. The molecule has 112 valence electrons. The molecular weight excluding hydrogens is 372 g/mol. The van der Waals surface area contributed by atoms with Gasteiger partial charge in [0, 0.05) is 34.7 Å². The van der Waals surface area contributed by atoms with Crippen molar-refractivity contribution >= 4 is 50.4 Å². The SMILES string of the molecule is CN(Cc1cc(Br)cs1)C(=O)CCNC(=O)c1cccs1. The Morgan fingerprint density at radius 2 is 2.19 bits per heavy atom. The summed E-state index contributed by atoms with van der Waals surface area (Å²) < 4.78 is 1.03. The Morgan fingerprint density at radius 3 is 2.81 bits per heavy atom. The highest BCUT2D eigenvalue weighted by Gasteiger charge is 2.12. The molecule has 0 bridgehead atoms. The number of carbonyl (C=O) groups is 2. The van der Waals surface area contributed by atoms with Crippen LogP contribution < -0.4 is 5.32 Å². The van der Waals surface area contributed by atoms with Gasteiger partial charge in [-0.15, -0.1) is 22.7 Å². The smallest absolute Gasteiger partial charge is 0.261 e. The first-order valence-electron chi connectivity index (χ1n) is 6.35. The van der Waals surface area contributed by atoms with Crippen LogP contribution in [0, 0.1) is 0 Å². The van der Waals surface area contributed by atoms with Crippen molar-refractivity contribution in [1.29, 1.82) is 0 Å². The first-order valence-corrected chi connectivity index (χ1v) is 8.90. The zero-order valence-electron chi connectivity index (χ0n) is 11.5. The number of halogens is 1. The maximum atomic E-state index is 12.0. The molecule has 0 fully saturated rings. The van der Waals surface area contributed by atoms with E-state index in [0.29, 0.717) is 24.4 Å². The van der Waals surface area contributed by atoms with Crippen LogP contribution in [0.25, 0.3) is 0 Å². The molecule has 0 aliphatic rings. The third-order valence-electron chi connectivity index (χ3n) is 2.81. The Bertz CT molecular complexity index is 610. The van der Waals surface area contributed by atoms with E-state index in [-0.39, 0.29) is 11.8 Å². The normalized spacial score (nSPS) is 10.4. The molecule has 0 radical (unpaired) electrons. The van der Waals surface area contributed by atoms with Gasteiger partial charge in [0.2, 0.25) is 5.91 Å². The molecule has 2 aromatic heterocycles. The van der Waals surface area contributed by atoms with Gasteiger partial charge in [0.15, 0.2) is 0 Å². The lowest BCUT2D eigenvalue weighted by Gasteiger charge is -2.16. The van der Waals surface area contributed by atoms with Gasteiger partial charge < -0.3 is 10.2 Å². The average Bonchev–Trinajstić information content (AvgIpc) is 3.10. The highest BCUT2D eigenvalue weighted by molar-refractivity contribution is 9.10. The van der Waals surface area contributed by atoms with Crippen LogP contribution in [-0.4, -0.2) is 30.3 Å². The average molecular weight is 387 g/mol. The highest BCUT2D eigenvalue weighted by atomic mass is 79.9. The van der Waals surface area contributed by atoms with E-state index in [1.54, 1.807) is 29.4 Å². The van der Waals surface area contributed by atoms with E-state index < -0.39 is 0 Å². The summed E-state index contributed by atoms with van der Waals surface area (Å²) in [4.78, 5) is 27.2. The number of amides is 2. The molecule has 0 spiro atoms. The molecule has 0 aliphatic heterocycles. The van der Waals surface area contributed by atoms with E-state index in [1.807, 2.05) is 22.9 Å². The largest absolute Gasteiger partial charge is 0.351 e. The molecule has 2 amide bonds. The van der Waals surface area contributed by atoms with Gasteiger partial charge in [-0.1, -0.05) is 6.07 Å². The molecule has 2 rings (SSSR count). The first kappa shape index (κ1) is 16.2. The van der Waals surface area contributed by atoms with Crippen LogP contribution in [0.15, 0.2) is 33.4 Å². The third kappa shape index (κ3) is 4.94. The molecule has 0 saturated carbocycles. The Balaban J connectivity index is 1.72. The Hall–Kier alpha value is -1.18. The minimum absolute atomic E-state index is 0.0194. The van der Waals surface area contributed by atoms with Crippen LogP contribution in [0.3, 0.4) is 0 Å². The number of thiophene rings is 2. The summed E-state index contributed by atoms with van der Waals surface area (Å²) in [6, 6.07) is 5.60. The molecule has 0 aromatic carbocycles. The fraction of sp³-hybridized carbons (Fsp3) is 0.286. The van der Waals surface area contributed by atoms with Crippen LogP contribution in [0.1, 0.15) is 21.0 Å². The lowest BCUT2D eigenvalue weighted by atomic mass is 10.3. The summed E-state index contributed by atoms with van der Waals surface area (Å²) in [6.45, 7) is 0.946. The third-order valence-corrected chi connectivity index (χ3v) is 5.36. The summed E-state index contributed by atoms with van der Waals surface area (Å²) in [5.74, 6) is -0.103. The molecule has 2 heterocycles. The van der Waals surface area contributed by atoms with Gasteiger partial charge in [-0.3, -0.25) is 9.59 Å². The van der Waals surface area contributed by atoms with Crippen molar-refractivity contribution < 1.29 is 9.59 Å². The molecule has 1 N–H and O–H groups in total. The quantitative estimate of drug-likeness (QED) is 0.827. The molecular formula is C14H15BrN2O2S2. The van der Waals surface area contributed by atoms with Gasteiger partial charge in [0.05, 0.1) is 11.4 Å². The van der Waals surface area contributed by atoms with Gasteiger partial charge in [-0.25, -0.2) is 0 Å². The predicted octanol–water partition coefficient (Wildman–Crippen LogP) is 3.35. The lowest BCUT2D eigenvalue weighted by molar-refractivity contribution is -0.130. The standard InChI is InChI=1S/C14H15BrN2O2S2/c1-17(8-11-7-10(15)9-21-11)13(18)4-5-16-14(19)12-3-2-6-20-12/h2-3,6-7,9H,4-5,8H2,1H3,(H,16,19). The van der Waals surface area contributed by atoms with Gasteiger partial charge in [0.25, 0.3) is 5.91 Å². The predicted molar refractivity (Wildman–Crippen MR) is 89.8 cm³/mol. The number of hydrogen-bond acceptors (Lipinski definition) is 4. The van der Waals surface area contributed by atoms with E-state index in [4.69, 9.17) is 0 Å². The Labute approximate surface area is 139 Å². The lowest BCUT2D eigenvalue weighted by Crippen LogP contribution is -2.31. The zero-order valence-corrected chi connectivity index (χ0v) is 14.7. The first-order chi connectivity index (χ1) is 10.1. The van der Waals surface area contributed by atoms with Crippen LogP contribution in [0.5, 0.6) is 0 Å². The second kappa shape index (κ2) is 7.72. The van der Waals surface area contributed by atoms with Crippen molar-refractivity contribution in [3.63, 3.8) is 0 Å². The molecule has 0 aliphatic carbocycles. The number of carbonyl (C=O) groups excluding carboxylic acids is 2. The highest BCUT2D eigenvalue weighted by Crippen LogP contribution is 2.20. The van der Waals surface area contributed by atoms with Crippen LogP contribution in [0.4, 0.5) is 0 Å². The monoisotopic (exact) mass is 386 g/mol. The second-order valence-electron chi connectivity index (χ2n) is 4.46. The minimum Gasteiger partial charge on any atom is -0.351 e. The van der Waals surface area contributed by atoms with E-state index in [2.05, 4.69) is 21.2 Å². The second-order valence-corrected chi connectivity index (χ2v) is 7.32. The number of rotatable bonds is 6. The summed E-state index contributed by atoms with van der Waals surface area (Å²) in [5, 5.41) is 6.61. The Morgan fingerprint density at radius 1 is 1.38 bits per heavy atom. The van der Waals surface area contributed by atoms with Gasteiger partial charge >= 0.3 is 0 Å². The van der Waals surface area contributed by atoms with Crippen LogP contribution in [-0.2, 0) is 11.3 Å². The fourth-order valence-corrected chi connectivity index (χ4v) is 3.87. The van der Waals surface area contributed by atoms with Crippen molar-refractivity contribution in [2.75, 3.05) is 13.6 Å². The molecule has 0 atom stereocenters. The van der Waals surface area contributed by atoms with Crippen molar-refractivity contribution in [1.82, 2.24) is 10.2 Å². The summed E-state index contributed by atoms with van der Waals surface area (Å²) in [5.41, 5.74) is 0. The maximum absolute atomic E-state index is 12.0. The number of nitrogens with one attached hydrogen (secondary N) is 1. The minimum atomic E-state index is -0.123. The van der Waals surface area contributed by atoms with Gasteiger partial charge in [-0.05, 0) is 33.4 Å². The van der Waals surface area contributed by atoms with Gasteiger partial charge in [0.1, 0.15) is 0 Å². The molecule has 21 heavy (non-hydrogen) atoms. The molecule has 2 aromatic rings. The summed E-state index contributed by atoms with van der Waals surface area (Å²) in [6.07, 6.45) is 0.306. The summed E-state index contributed by atoms with van der Waals surface area (Å²) in [7, 11) is 1.77. The van der Waals surface area contributed by atoms with E-state index in [9.17, 15) is 9.59 Å². The van der Waals surface area contributed by atoms with Crippen molar-refractivity contribution in [2.45, 2.75) is 13.0 Å². The van der Waals surface area contributed by atoms with Crippen molar-refractivity contribution in [3.8, 4) is 0 Å². The van der Waals surface area contributed by atoms with Crippen LogP contribution in [0.2, 0.25) is 0 Å². The van der Waals surface area contributed by atoms with Crippen molar-refractivity contribution in [3.05, 3.63) is 43.2 Å². The number of hydrogen-bond donors (Lipinski definition) is 1. The topological polar surface area (TPSA) is 49.4 Å². The number of nitrogens with zero attached hydrogens (tertiary/aromatic N) is 1. The van der Waals surface area contributed by atoms with Gasteiger partial charge in [-0.2, -0.15) is 0 Å². The van der Waals surface area contributed by atoms with Crippen molar-refractivity contribution in [2.24, 2.45) is 0 Å². The molecule has 0 unspecified atom stereocenters. The van der Waals surface area contributed by atoms with E-state index in [1.165, 1.54) is 11.3 Å². The van der Waals surface area contributed by atoms with E-state index >= 15 is 0 Å². The van der Waals surface area contributed by atoms with E-state index in [0.717, 1.165) is 9.35 Å². The Kier molecular flexibility index (Phi) is 5.96. The maximum Gasteiger partial charge on any atom is 0.261 e. The molecule has 4 nitrogen and oxygen atoms in total.